The fourth-order valence-corrected chi connectivity index (χ4v) is 4.82. The maximum atomic E-state index is 13.8. The standard InChI is InChI=1S/C27H25N3O4/c1-30-25(20-15-28-21-11-7-6-8-17(20)21)24(18-9-4-5-10-19(18)27(30)32)26(31)29-16-12-13-22(33-2)23(14-16)34-3/h4-15,24-25,28H,1-3H3,(H,29,31)/t24-,25-/m1/s1. The first kappa shape index (κ1) is 21.6. The topological polar surface area (TPSA) is 83.7 Å². The minimum atomic E-state index is -0.619. The summed E-state index contributed by atoms with van der Waals surface area (Å²) in [7, 11) is 4.86. The predicted molar refractivity (Wildman–Crippen MR) is 130 cm³/mol. The summed E-state index contributed by atoms with van der Waals surface area (Å²) >= 11 is 0. The highest BCUT2D eigenvalue weighted by Gasteiger charge is 2.43. The summed E-state index contributed by atoms with van der Waals surface area (Å²) in [5.74, 6) is 0.150. The lowest BCUT2D eigenvalue weighted by Gasteiger charge is -2.39. The molecule has 0 saturated carbocycles. The number of fused-ring (bicyclic) bond motifs is 2. The van der Waals surface area contributed by atoms with E-state index in [4.69, 9.17) is 9.47 Å². The van der Waals surface area contributed by atoms with Gasteiger partial charge in [0, 0.05) is 47.0 Å². The lowest BCUT2D eigenvalue weighted by Crippen LogP contribution is -2.44. The van der Waals surface area contributed by atoms with Crippen LogP contribution >= 0.6 is 0 Å². The van der Waals surface area contributed by atoms with Crippen molar-refractivity contribution in [3.05, 3.63) is 89.6 Å². The molecule has 2 amide bonds. The van der Waals surface area contributed by atoms with Gasteiger partial charge in [0.15, 0.2) is 11.5 Å². The number of anilines is 1. The third-order valence-electron chi connectivity index (χ3n) is 6.45. The minimum Gasteiger partial charge on any atom is -0.493 e. The van der Waals surface area contributed by atoms with Crippen molar-refractivity contribution in [3.8, 4) is 11.5 Å². The summed E-state index contributed by atoms with van der Waals surface area (Å²) in [4.78, 5) is 32.1. The van der Waals surface area contributed by atoms with Gasteiger partial charge in [-0.25, -0.2) is 0 Å². The van der Waals surface area contributed by atoms with E-state index in [0.717, 1.165) is 16.5 Å². The summed E-state index contributed by atoms with van der Waals surface area (Å²) in [6.07, 6.45) is 1.89. The number of methoxy groups -OCH3 is 2. The highest BCUT2D eigenvalue weighted by atomic mass is 16.5. The number of nitrogens with zero attached hydrogens (tertiary/aromatic N) is 1. The maximum Gasteiger partial charge on any atom is 0.254 e. The summed E-state index contributed by atoms with van der Waals surface area (Å²) in [5.41, 5.74) is 3.68. The lowest BCUT2D eigenvalue weighted by molar-refractivity contribution is -0.119. The molecule has 1 aromatic heterocycles. The first-order valence-corrected chi connectivity index (χ1v) is 11.0. The highest BCUT2D eigenvalue weighted by Crippen LogP contribution is 2.44. The quantitative estimate of drug-likeness (QED) is 0.456. The maximum absolute atomic E-state index is 13.8. The Balaban J connectivity index is 1.61. The summed E-state index contributed by atoms with van der Waals surface area (Å²) in [6, 6.07) is 20.0. The number of benzene rings is 3. The minimum absolute atomic E-state index is 0.110. The van der Waals surface area contributed by atoms with Crippen LogP contribution in [0.4, 0.5) is 5.69 Å². The average molecular weight is 456 g/mol. The van der Waals surface area contributed by atoms with E-state index in [0.29, 0.717) is 28.3 Å². The van der Waals surface area contributed by atoms with Crippen molar-refractivity contribution < 1.29 is 19.1 Å². The van der Waals surface area contributed by atoms with Crippen molar-refractivity contribution in [1.82, 2.24) is 9.88 Å². The fourth-order valence-electron chi connectivity index (χ4n) is 4.82. The molecular formula is C27H25N3O4. The van der Waals surface area contributed by atoms with Crippen molar-refractivity contribution in [1.29, 1.82) is 0 Å². The van der Waals surface area contributed by atoms with Crippen molar-refractivity contribution >= 4 is 28.4 Å². The third-order valence-corrected chi connectivity index (χ3v) is 6.45. The molecule has 1 aliphatic rings. The third kappa shape index (κ3) is 3.46. The number of H-pyrrole nitrogens is 1. The monoisotopic (exact) mass is 455 g/mol. The molecule has 0 unspecified atom stereocenters. The Morgan fingerprint density at radius 2 is 1.68 bits per heavy atom. The number of hydrogen-bond acceptors (Lipinski definition) is 4. The normalized spacial score (nSPS) is 17.4. The van der Waals surface area contributed by atoms with Gasteiger partial charge in [-0.15, -0.1) is 0 Å². The molecule has 3 aromatic carbocycles. The molecule has 0 aliphatic carbocycles. The molecule has 0 bridgehead atoms. The molecule has 34 heavy (non-hydrogen) atoms. The molecule has 5 rings (SSSR count). The van der Waals surface area contributed by atoms with Crippen LogP contribution in [0.3, 0.4) is 0 Å². The second-order valence-corrected chi connectivity index (χ2v) is 8.27. The van der Waals surface area contributed by atoms with Crippen LogP contribution in [0.5, 0.6) is 11.5 Å². The second-order valence-electron chi connectivity index (χ2n) is 8.27. The molecule has 0 fully saturated rings. The molecule has 172 valence electrons. The number of carbonyl (C=O) groups excluding carboxylic acids is 2. The second kappa shape index (κ2) is 8.59. The Hall–Kier alpha value is -4.26. The van der Waals surface area contributed by atoms with Crippen molar-refractivity contribution in [2.45, 2.75) is 12.0 Å². The summed E-state index contributed by atoms with van der Waals surface area (Å²) < 4.78 is 10.7. The number of aromatic amines is 1. The molecule has 0 radical (unpaired) electrons. The average Bonchev–Trinajstić information content (AvgIpc) is 3.29. The Bertz CT molecular complexity index is 1390. The molecule has 0 spiro atoms. The molecule has 2 N–H and O–H groups in total. The Kier molecular flexibility index (Phi) is 5.45. The van der Waals surface area contributed by atoms with Gasteiger partial charge in [-0.05, 0) is 29.8 Å². The molecule has 2 heterocycles. The Morgan fingerprint density at radius 1 is 0.941 bits per heavy atom. The number of hydrogen-bond donors (Lipinski definition) is 2. The van der Waals surface area contributed by atoms with Crippen LogP contribution in [-0.4, -0.2) is 43.0 Å². The SMILES string of the molecule is COc1ccc(NC(=O)[C@@H]2c3ccccc3C(=O)N(C)[C@@H]2c2c[nH]c3ccccc23)cc1OC. The van der Waals surface area contributed by atoms with Crippen LogP contribution in [0.1, 0.15) is 33.4 Å². The van der Waals surface area contributed by atoms with E-state index in [1.807, 2.05) is 48.7 Å². The summed E-state index contributed by atoms with van der Waals surface area (Å²) in [5, 5.41) is 4.01. The zero-order valence-electron chi connectivity index (χ0n) is 19.2. The van der Waals surface area contributed by atoms with Crippen molar-refractivity contribution in [3.63, 3.8) is 0 Å². The highest BCUT2D eigenvalue weighted by molar-refractivity contribution is 6.05. The van der Waals surface area contributed by atoms with Gasteiger partial charge in [0.25, 0.3) is 5.91 Å². The number of nitrogens with one attached hydrogen (secondary N) is 2. The molecule has 7 heteroatoms. The number of amides is 2. The summed E-state index contributed by atoms with van der Waals surface area (Å²) in [6.45, 7) is 0. The van der Waals surface area contributed by atoms with E-state index in [1.54, 1.807) is 50.4 Å². The van der Waals surface area contributed by atoms with Crippen LogP contribution in [0, 0.1) is 0 Å². The van der Waals surface area contributed by atoms with E-state index in [-0.39, 0.29) is 11.8 Å². The van der Waals surface area contributed by atoms with E-state index < -0.39 is 12.0 Å². The van der Waals surface area contributed by atoms with E-state index in [9.17, 15) is 9.59 Å². The van der Waals surface area contributed by atoms with E-state index >= 15 is 0 Å². The number of para-hydroxylation sites is 1. The number of aromatic nitrogens is 1. The molecule has 4 aromatic rings. The van der Waals surface area contributed by atoms with Crippen LogP contribution in [0.15, 0.2) is 72.9 Å². The van der Waals surface area contributed by atoms with Crippen LogP contribution < -0.4 is 14.8 Å². The van der Waals surface area contributed by atoms with Crippen molar-refractivity contribution in [2.24, 2.45) is 0 Å². The molecule has 0 saturated heterocycles. The van der Waals surface area contributed by atoms with Gasteiger partial charge in [-0.1, -0.05) is 36.4 Å². The zero-order valence-corrected chi connectivity index (χ0v) is 19.2. The fraction of sp³-hybridized carbons (Fsp3) is 0.185. The zero-order chi connectivity index (χ0) is 23.8. The van der Waals surface area contributed by atoms with E-state index in [2.05, 4.69) is 10.3 Å². The Labute approximate surface area is 197 Å². The number of carbonyl (C=O) groups is 2. The molecular weight excluding hydrogens is 430 g/mol. The van der Waals surface area contributed by atoms with Crippen LogP contribution in [0.2, 0.25) is 0 Å². The van der Waals surface area contributed by atoms with Gasteiger partial charge in [-0.3, -0.25) is 9.59 Å². The molecule has 2 atom stereocenters. The number of likely N-dealkylation sites (N-methyl/N-ethyl adjacent to an activating group) is 1. The Morgan fingerprint density at radius 3 is 2.47 bits per heavy atom. The van der Waals surface area contributed by atoms with E-state index in [1.165, 1.54) is 0 Å². The first-order valence-electron chi connectivity index (χ1n) is 11.0. The van der Waals surface area contributed by atoms with Gasteiger partial charge in [0.2, 0.25) is 5.91 Å². The number of rotatable bonds is 5. The molecule has 1 aliphatic heterocycles. The first-order chi connectivity index (χ1) is 16.5. The number of ether oxygens (including phenoxy) is 2. The van der Waals surface area contributed by atoms with Gasteiger partial charge in [0.05, 0.1) is 26.2 Å². The van der Waals surface area contributed by atoms with Gasteiger partial charge in [-0.2, -0.15) is 0 Å². The van der Waals surface area contributed by atoms with Crippen LogP contribution in [0.25, 0.3) is 10.9 Å². The van der Waals surface area contributed by atoms with Gasteiger partial charge < -0.3 is 24.7 Å². The smallest absolute Gasteiger partial charge is 0.254 e. The largest absolute Gasteiger partial charge is 0.493 e. The van der Waals surface area contributed by atoms with Gasteiger partial charge in [0.1, 0.15) is 0 Å². The lowest BCUT2D eigenvalue weighted by atomic mass is 9.79. The molecule has 7 nitrogen and oxygen atoms in total. The predicted octanol–water partition coefficient (Wildman–Crippen LogP) is 4.73. The van der Waals surface area contributed by atoms with Crippen molar-refractivity contribution in [2.75, 3.05) is 26.6 Å². The van der Waals surface area contributed by atoms with Gasteiger partial charge >= 0.3 is 0 Å². The van der Waals surface area contributed by atoms with Crippen LogP contribution in [-0.2, 0) is 4.79 Å².